The van der Waals surface area contributed by atoms with Crippen molar-refractivity contribution in [1.82, 2.24) is 9.80 Å². The molecule has 25 heavy (non-hydrogen) atoms. The summed E-state index contributed by atoms with van der Waals surface area (Å²) in [6.07, 6.45) is 2.08. The normalized spacial score (nSPS) is 21.1. The van der Waals surface area contributed by atoms with E-state index in [2.05, 4.69) is 0 Å². The Labute approximate surface area is 148 Å². The Morgan fingerprint density at radius 2 is 2.00 bits per heavy atom. The molecule has 2 aliphatic heterocycles. The molecule has 1 aromatic carbocycles. The first-order chi connectivity index (χ1) is 12.2. The van der Waals surface area contributed by atoms with Gasteiger partial charge >= 0.3 is 0 Å². The second-order valence-corrected chi connectivity index (χ2v) is 6.64. The number of amides is 2. The molecule has 1 atom stereocenters. The molecule has 1 aromatic rings. The van der Waals surface area contributed by atoms with E-state index in [9.17, 15) is 9.59 Å². The Morgan fingerprint density at radius 3 is 2.76 bits per heavy atom. The highest BCUT2D eigenvalue weighted by Gasteiger charge is 2.31. The number of rotatable bonds is 4. The quantitative estimate of drug-likeness (QED) is 0.825. The van der Waals surface area contributed by atoms with Crippen LogP contribution in [0.25, 0.3) is 0 Å². The van der Waals surface area contributed by atoms with Gasteiger partial charge in [-0.15, -0.1) is 0 Å². The van der Waals surface area contributed by atoms with Crippen molar-refractivity contribution in [2.24, 2.45) is 5.92 Å². The van der Waals surface area contributed by atoms with Gasteiger partial charge in [-0.1, -0.05) is 12.1 Å². The summed E-state index contributed by atoms with van der Waals surface area (Å²) in [4.78, 5) is 29.0. The van der Waals surface area contributed by atoms with Gasteiger partial charge in [-0.05, 0) is 30.5 Å². The molecular formula is C19H26N2O4. The Bertz CT molecular complexity index is 613. The van der Waals surface area contributed by atoms with Crippen LogP contribution in [0.4, 0.5) is 0 Å². The van der Waals surface area contributed by atoms with Crippen LogP contribution >= 0.6 is 0 Å². The summed E-state index contributed by atoms with van der Waals surface area (Å²) < 4.78 is 10.5. The van der Waals surface area contributed by atoms with Crippen LogP contribution in [-0.4, -0.2) is 68.1 Å². The fourth-order valence-electron chi connectivity index (χ4n) is 3.52. The molecule has 0 aromatic heterocycles. The van der Waals surface area contributed by atoms with Crippen LogP contribution in [0.5, 0.6) is 5.75 Å². The highest BCUT2D eigenvalue weighted by atomic mass is 16.5. The summed E-state index contributed by atoms with van der Waals surface area (Å²) in [5.41, 5.74) is 0.936. The molecule has 0 spiro atoms. The fraction of sp³-hybridized carbons (Fsp3) is 0.579. The molecule has 2 amide bonds. The van der Waals surface area contributed by atoms with E-state index >= 15 is 0 Å². The highest BCUT2D eigenvalue weighted by molar-refractivity contribution is 5.82. The molecule has 0 N–H and O–H groups in total. The number of hydrogen-bond acceptors (Lipinski definition) is 4. The van der Waals surface area contributed by atoms with Gasteiger partial charge in [0, 0.05) is 26.2 Å². The lowest BCUT2D eigenvalue weighted by molar-refractivity contribution is -0.143. The number of benzene rings is 1. The monoisotopic (exact) mass is 346 g/mol. The van der Waals surface area contributed by atoms with Gasteiger partial charge in [0.2, 0.25) is 11.8 Å². The van der Waals surface area contributed by atoms with Crippen LogP contribution in [-0.2, 0) is 20.7 Å². The number of hydrogen-bond donors (Lipinski definition) is 0. The molecule has 0 bridgehead atoms. The third kappa shape index (κ3) is 4.51. The number of carbonyl (C=O) groups is 2. The molecular weight excluding hydrogens is 320 g/mol. The van der Waals surface area contributed by atoms with Crippen LogP contribution in [0.2, 0.25) is 0 Å². The van der Waals surface area contributed by atoms with E-state index in [1.54, 1.807) is 7.11 Å². The van der Waals surface area contributed by atoms with Crippen molar-refractivity contribution in [3.05, 3.63) is 29.8 Å². The molecule has 2 heterocycles. The van der Waals surface area contributed by atoms with Gasteiger partial charge in [-0.3, -0.25) is 9.59 Å². The van der Waals surface area contributed by atoms with Crippen LogP contribution in [0.3, 0.4) is 0 Å². The summed E-state index contributed by atoms with van der Waals surface area (Å²) in [5, 5.41) is 0. The zero-order valence-corrected chi connectivity index (χ0v) is 14.8. The number of nitrogens with zero attached hydrogens (tertiary/aromatic N) is 2. The first kappa shape index (κ1) is 17.7. The zero-order chi connectivity index (χ0) is 17.6. The standard InChI is InChI=1S/C19H26N2O4/c1-24-17-6-2-4-15(12-17)13-18(22)21-7-3-5-16(14-21)19(23)20-8-10-25-11-9-20/h2,4,6,12,16H,3,5,7-11,13-14H2,1H3. The third-order valence-electron chi connectivity index (χ3n) is 4.94. The number of morpholine rings is 1. The molecule has 6 nitrogen and oxygen atoms in total. The van der Waals surface area contributed by atoms with E-state index in [1.165, 1.54) is 0 Å². The van der Waals surface area contributed by atoms with E-state index in [1.807, 2.05) is 34.1 Å². The first-order valence-electron chi connectivity index (χ1n) is 8.94. The summed E-state index contributed by atoms with van der Waals surface area (Å²) in [6.45, 7) is 3.79. The predicted octanol–water partition coefficient (Wildman–Crippen LogP) is 1.34. The summed E-state index contributed by atoms with van der Waals surface area (Å²) in [7, 11) is 1.62. The summed E-state index contributed by atoms with van der Waals surface area (Å²) in [5.74, 6) is 0.917. The van der Waals surface area contributed by atoms with Crippen molar-refractivity contribution in [2.45, 2.75) is 19.3 Å². The van der Waals surface area contributed by atoms with Crippen LogP contribution in [0.15, 0.2) is 24.3 Å². The minimum absolute atomic E-state index is 0.0766. The van der Waals surface area contributed by atoms with E-state index in [-0.39, 0.29) is 17.7 Å². The fourth-order valence-corrected chi connectivity index (χ4v) is 3.52. The van der Waals surface area contributed by atoms with Crippen molar-refractivity contribution < 1.29 is 19.1 Å². The maximum Gasteiger partial charge on any atom is 0.227 e. The van der Waals surface area contributed by atoms with Gasteiger partial charge in [-0.2, -0.15) is 0 Å². The van der Waals surface area contributed by atoms with Crippen LogP contribution in [0, 0.1) is 5.92 Å². The van der Waals surface area contributed by atoms with E-state index < -0.39 is 0 Å². The number of carbonyl (C=O) groups excluding carboxylic acids is 2. The Hall–Kier alpha value is -2.08. The van der Waals surface area contributed by atoms with Gasteiger partial charge in [-0.25, -0.2) is 0 Å². The second-order valence-electron chi connectivity index (χ2n) is 6.64. The molecule has 2 saturated heterocycles. The maximum absolute atomic E-state index is 12.7. The number of methoxy groups -OCH3 is 1. The Balaban J connectivity index is 1.58. The molecule has 0 aliphatic carbocycles. The van der Waals surface area contributed by atoms with Gasteiger partial charge < -0.3 is 19.3 Å². The third-order valence-corrected chi connectivity index (χ3v) is 4.94. The second kappa shape index (κ2) is 8.34. The number of ether oxygens (including phenoxy) is 2. The van der Waals surface area contributed by atoms with Crippen molar-refractivity contribution in [1.29, 1.82) is 0 Å². The zero-order valence-electron chi connectivity index (χ0n) is 14.8. The number of likely N-dealkylation sites (tertiary alicyclic amines) is 1. The molecule has 136 valence electrons. The number of piperidine rings is 1. The van der Waals surface area contributed by atoms with Crippen LogP contribution in [0.1, 0.15) is 18.4 Å². The molecule has 2 aliphatic rings. The highest BCUT2D eigenvalue weighted by Crippen LogP contribution is 2.21. The van der Waals surface area contributed by atoms with E-state index in [0.29, 0.717) is 39.3 Å². The van der Waals surface area contributed by atoms with Crippen molar-refractivity contribution in [2.75, 3.05) is 46.5 Å². The van der Waals surface area contributed by atoms with Gasteiger partial charge in [0.05, 0.1) is 32.7 Å². The lowest BCUT2D eigenvalue weighted by atomic mass is 9.95. The SMILES string of the molecule is COc1cccc(CC(=O)N2CCCC(C(=O)N3CCOCC3)C2)c1. The van der Waals surface area contributed by atoms with Crippen molar-refractivity contribution in [3.63, 3.8) is 0 Å². The lowest BCUT2D eigenvalue weighted by Crippen LogP contribution is -2.49. The smallest absolute Gasteiger partial charge is 0.227 e. The average Bonchev–Trinajstić information content (AvgIpc) is 2.68. The van der Waals surface area contributed by atoms with Gasteiger partial charge in [0.1, 0.15) is 5.75 Å². The first-order valence-corrected chi connectivity index (χ1v) is 8.94. The minimum Gasteiger partial charge on any atom is -0.497 e. The van der Waals surface area contributed by atoms with Crippen molar-refractivity contribution in [3.8, 4) is 5.75 Å². The van der Waals surface area contributed by atoms with Gasteiger partial charge in [0.15, 0.2) is 0 Å². The predicted molar refractivity (Wildman–Crippen MR) is 93.4 cm³/mol. The summed E-state index contributed by atoms with van der Waals surface area (Å²) >= 11 is 0. The maximum atomic E-state index is 12.7. The minimum atomic E-state index is -0.0823. The van der Waals surface area contributed by atoms with Gasteiger partial charge in [0.25, 0.3) is 0 Å². The molecule has 0 radical (unpaired) electrons. The topological polar surface area (TPSA) is 59.1 Å². The lowest BCUT2D eigenvalue weighted by Gasteiger charge is -2.36. The summed E-state index contributed by atoms with van der Waals surface area (Å²) in [6, 6.07) is 7.58. The molecule has 3 rings (SSSR count). The van der Waals surface area contributed by atoms with Crippen molar-refractivity contribution >= 4 is 11.8 Å². The molecule has 2 fully saturated rings. The van der Waals surface area contributed by atoms with E-state index in [0.717, 1.165) is 30.7 Å². The molecule has 1 unspecified atom stereocenters. The van der Waals surface area contributed by atoms with E-state index in [4.69, 9.17) is 9.47 Å². The average molecular weight is 346 g/mol. The Kier molecular flexibility index (Phi) is 5.91. The molecule has 0 saturated carbocycles. The largest absolute Gasteiger partial charge is 0.497 e. The molecule has 6 heteroatoms. The van der Waals surface area contributed by atoms with Crippen LogP contribution < -0.4 is 4.74 Å². The Morgan fingerprint density at radius 1 is 1.20 bits per heavy atom.